The first-order valence-corrected chi connectivity index (χ1v) is 8.24. The van der Waals surface area contributed by atoms with E-state index >= 15 is 0 Å². The van der Waals surface area contributed by atoms with Crippen LogP contribution in [0.2, 0.25) is 5.02 Å². The molecule has 0 unspecified atom stereocenters. The number of oxime groups is 1. The van der Waals surface area contributed by atoms with E-state index in [1.165, 1.54) is 0 Å². The monoisotopic (exact) mass is 342 g/mol. The van der Waals surface area contributed by atoms with Gasteiger partial charge in [0, 0.05) is 18.5 Å². The van der Waals surface area contributed by atoms with Gasteiger partial charge in [-0.1, -0.05) is 59.2 Å². The number of nitrogens with zero attached hydrogens (tertiary/aromatic N) is 2. The Labute approximate surface area is 146 Å². The highest BCUT2D eigenvalue weighted by Gasteiger charge is 2.30. The van der Waals surface area contributed by atoms with Gasteiger partial charge in [-0.15, -0.1) is 0 Å². The third-order valence-electron chi connectivity index (χ3n) is 4.34. The van der Waals surface area contributed by atoms with Crippen molar-refractivity contribution in [2.75, 3.05) is 7.05 Å². The second-order valence-electron chi connectivity index (χ2n) is 5.89. The van der Waals surface area contributed by atoms with Gasteiger partial charge in [0.2, 0.25) is 0 Å². The zero-order chi connectivity index (χ0) is 17.1. The summed E-state index contributed by atoms with van der Waals surface area (Å²) < 4.78 is 0. The molecular weight excluding hydrogens is 324 g/mol. The van der Waals surface area contributed by atoms with Crippen molar-refractivity contribution in [3.8, 4) is 0 Å². The highest BCUT2D eigenvalue weighted by atomic mass is 35.5. The van der Waals surface area contributed by atoms with Crippen LogP contribution in [0.15, 0.2) is 59.8 Å². The lowest BCUT2D eigenvalue weighted by atomic mass is 10.0. The van der Waals surface area contributed by atoms with Gasteiger partial charge in [-0.05, 0) is 30.2 Å². The van der Waals surface area contributed by atoms with Crippen molar-refractivity contribution in [3.63, 3.8) is 0 Å². The zero-order valence-corrected chi connectivity index (χ0v) is 14.4. The smallest absolute Gasteiger partial charge is 0.272 e. The molecule has 0 spiro atoms. The van der Waals surface area contributed by atoms with Crippen LogP contribution in [0.1, 0.15) is 36.6 Å². The van der Waals surface area contributed by atoms with Crippen molar-refractivity contribution in [1.82, 2.24) is 4.90 Å². The van der Waals surface area contributed by atoms with E-state index in [1.54, 1.807) is 11.9 Å². The fraction of sp³-hybridized carbons (Fsp3) is 0.263. The Morgan fingerprint density at radius 2 is 1.88 bits per heavy atom. The molecule has 3 rings (SSSR count). The Morgan fingerprint density at radius 3 is 2.54 bits per heavy atom. The number of carbonyl (C=O) groups is 1. The molecule has 0 saturated heterocycles. The summed E-state index contributed by atoms with van der Waals surface area (Å²) in [5, 5.41) is 4.69. The molecule has 5 heteroatoms. The normalized spacial score (nSPS) is 17.8. The molecule has 124 valence electrons. The Morgan fingerprint density at radius 1 is 1.21 bits per heavy atom. The number of hydrogen-bond acceptors (Lipinski definition) is 3. The van der Waals surface area contributed by atoms with Gasteiger partial charge < -0.3 is 9.74 Å². The summed E-state index contributed by atoms with van der Waals surface area (Å²) in [4.78, 5) is 19.8. The maximum Gasteiger partial charge on any atom is 0.272 e. The molecular formula is C19H19ClN2O2. The van der Waals surface area contributed by atoms with Crippen LogP contribution in [0.5, 0.6) is 0 Å². The van der Waals surface area contributed by atoms with Crippen LogP contribution < -0.4 is 0 Å². The average molecular weight is 343 g/mol. The SMILES string of the molecule is C[C@H](c1ccc(Cl)cc1)N(C)C(=O)C1=NO[C@H](c2ccccc2)C1. The Hall–Kier alpha value is -2.33. The quantitative estimate of drug-likeness (QED) is 0.827. The fourth-order valence-corrected chi connectivity index (χ4v) is 2.82. The number of benzene rings is 2. The van der Waals surface area contributed by atoms with E-state index in [9.17, 15) is 4.79 Å². The molecule has 1 aliphatic rings. The van der Waals surface area contributed by atoms with Crippen LogP contribution in [0.4, 0.5) is 0 Å². The summed E-state index contributed by atoms with van der Waals surface area (Å²) >= 11 is 5.92. The molecule has 0 aliphatic carbocycles. The van der Waals surface area contributed by atoms with Gasteiger partial charge in [0.05, 0.1) is 6.04 Å². The molecule has 2 aromatic rings. The Bertz CT molecular complexity index is 744. The lowest BCUT2D eigenvalue weighted by Crippen LogP contribution is -2.34. The highest BCUT2D eigenvalue weighted by Crippen LogP contribution is 2.29. The van der Waals surface area contributed by atoms with E-state index < -0.39 is 0 Å². The van der Waals surface area contributed by atoms with Crippen LogP contribution in [0, 0.1) is 0 Å². The molecule has 0 N–H and O–H groups in total. The van der Waals surface area contributed by atoms with Gasteiger partial charge in [-0.25, -0.2) is 0 Å². The van der Waals surface area contributed by atoms with E-state index in [-0.39, 0.29) is 18.1 Å². The minimum absolute atomic E-state index is 0.0757. The van der Waals surface area contributed by atoms with Crippen LogP contribution in [-0.2, 0) is 9.63 Å². The molecule has 2 atom stereocenters. The number of hydrogen-bond donors (Lipinski definition) is 0. The summed E-state index contributed by atoms with van der Waals surface area (Å²) in [5.74, 6) is -0.115. The average Bonchev–Trinajstić information content (AvgIpc) is 3.11. The van der Waals surface area contributed by atoms with Crippen LogP contribution in [0.3, 0.4) is 0 Å². The molecule has 2 aromatic carbocycles. The summed E-state index contributed by atoms with van der Waals surface area (Å²) in [6, 6.07) is 17.2. The number of carbonyl (C=O) groups excluding carboxylic acids is 1. The van der Waals surface area contributed by atoms with Gasteiger partial charge >= 0.3 is 0 Å². The molecule has 1 amide bonds. The summed E-state index contributed by atoms with van der Waals surface area (Å²) in [6.45, 7) is 1.98. The topological polar surface area (TPSA) is 41.9 Å². The zero-order valence-electron chi connectivity index (χ0n) is 13.6. The van der Waals surface area contributed by atoms with Gasteiger partial charge in [0.25, 0.3) is 5.91 Å². The number of amides is 1. The highest BCUT2D eigenvalue weighted by molar-refractivity contribution is 6.39. The molecule has 24 heavy (non-hydrogen) atoms. The van der Waals surface area contributed by atoms with Crippen molar-refractivity contribution >= 4 is 23.2 Å². The van der Waals surface area contributed by atoms with E-state index in [0.29, 0.717) is 17.2 Å². The van der Waals surface area contributed by atoms with E-state index in [1.807, 2.05) is 61.5 Å². The lowest BCUT2D eigenvalue weighted by Gasteiger charge is -2.25. The van der Waals surface area contributed by atoms with Crippen molar-refractivity contribution in [2.24, 2.45) is 5.16 Å². The molecule has 0 radical (unpaired) electrons. The van der Waals surface area contributed by atoms with Gasteiger partial charge in [-0.2, -0.15) is 0 Å². The summed E-state index contributed by atoms with van der Waals surface area (Å²) in [6.07, 6.45) is 0.296. The maximum absolute atomic E-state index is 12.7. The predicted octanol–water partition coefficient (Wildman–Crippen LogP) is 4.38. The maximum atomic E-state index is 12.7. The van der Waals surface area contributed by atoms with Crippen molar-refractivity contribution in [2.45, 2.75) is 25.5 Å². The second-order valence-corrected chi connectivity index (χ2v) is 6.33. The van der Waals surface area contributed by atoms with Crippen molar-refractivity contribution in [3.05, 3.63) is 70.7 Å². The Kier molecular flexibility index (Phi) is 4.86. The molecule has 0 aromatic heterocycles. The van der Waals surface area contributed by atoms with E-state index in [4.69, 9.17) is 16.4 Å². The fourth-order valence-electron chi connectivity index (χ4n) is 2.69. The Balaban J connectivity index is 1.67. The molecule has 4 nitrogen and oxygen atoms in total. The van der Waals surface area contributed by atoms with Crippen LogP contribution >= 0.6 is 11.6 Å². The molecule has 1 heterocycles. The number of rotatable bonds is 4. The first-order chi connectivity index (χ1) is 11.6. The van der Waals surface area contributed by atoms with Crippen LogP contribution in [0.25, 0.3) is 0 Å². The third kappa shape index (κ3) is 3.44. The van der Waals surface area contributed by atoms with Crippen molar-refractivity contribution in [1.29, 1.82) is 0 Å². The second kappa shape index (κ2) is 7.05. The molecule has 0 fully saturated rings. The molecule has 1 aliphatic heterocycles. The first kappa shape index (κ1) is 16.5. The van der Waals surface area contributed by atoms with Crippen LogP contribution in [-0.4, -0.2) is 23.6 Å². The molecule has 0 bridgehead atoms. The van der Waals surface area contributed by atoms with Crippen molar-refractivity contribution < 1.29 is 9.63 Å². The van der Waals surface area contributed by atoms with Gasteiger partial charge in [0.15, 0.2) is 6.10 Å². The first-order valence-electron chi connectivity index (χ1n) is 7.86. The number of halogens is 1. The lowest BCUT2D eigenvalue weighted by molar-refractivity contribution is -0.124. The van der Waals surface area contributed by atoms with E-state index in [0.717, 1.165) is 11.1 Å². The van der Waals surface area contributed by atoms with Gasteiger partial charge in [-0.3, -0.25) is 4.79 Å². The predicted molar refractivity (Wildman–Crippen MR) is 95.0 cm³/mol. The summed E-state index contributed by atoms with van der Waals surface area (Å²) in [7, 11) is 1.78. The minimum Gasteiger partial charge on any atom is -0.387 e. The third-order valence-corrected chi connectivity index (χ3v) is 4.59. The van der Waals surface area contributed by atoms with E-state index in [2.05, 4.69) is 5.16 Å². The molecule has 0 saturated carbocycles. The minimum atomic E-state index is -0.190. The standard InChI is InChI=1S/C19H19ClN2O2/c1-13(14-8-10-16(20)11-9-14)22(2)19(23)17-12-18(24-21-17)15-6-4-3-5-7-15/h3-11,13,18H,12H2,1-2H3/t13-,18+/m1/s1. The summed E-state index contributed by atoms with van der Waals surface area (Å²) in [5.41, 5.74) is 2.50. The van der Waals surface area contributed by atoms with Gasteiger partial charge in [0.1, 0.15) is 5.71 Å². The largest absolute Gasteiger partial charge is 0.387 e.